The number of amides is 2. The van der Waals surface area contributed by atoms with Gasteiger partial charge in [-0.3, -0.25) is 9.59 Å². The van der Waals surface area contributed by atoms with Gasteiger partial charge >= 0.3 is 0 Å². The zero-order valence-electron chi connectivity index (χ0n) is 15.2. The third-order valence-electron chi connectivity index (χ3n) is 5.05. The number of hydrogen-bond donors (Lipinski definition) is 1. The van der Waals surface area contributed by atoms with Crippen molar-refractivity contribution in [3.8, 4) is 0 Å². The van der Waals surface area contributed by atoms with E-state index in [0.717, 1.165) is 23.3 Å². The number of hydrogen-bond acceptors (Lipinski definition) is 4. The molecule has 1 fully saturated rings. The first kappa shape index (κ1) is 17.6. The van der Waals surface area contributed by atoms with Crippen LogP contribution in [0.15, 0.2) is 47.8 Å². The molecule has 0 bridgehead atoms. The number of nitrogens with zero attached hydrogens (tertiary/aromatic N) is 3. The fourth-order valence-electron chi connectivity index (χ4n) is 3.48. The van der Waals surface area contributed by atoms with Gasteiger partial charge in [0.25, 0.3) is 5.91 Å². The van der Waals surface area contributed by atoms with E-state index >= 15 is 0 Å². The Hall–Kier alpha value is -2.80. The van der Waals surface area contributed by atoms with Crippen LogP contribution in [0.2, 0.25) is 0 Å². The summed E-state index contributed by atoms with van der Waals surface area (Å²) in [5.74, 6) is -0.246. The van der Waals surface area contributed by atoms with Crippen LogP contribution in [0.4, 0.5) is 5.69 Å². The number of carbonyl (C=O) groups is 2. The molecule has 1 N–H and O–H groups in total. The summed E-state index contributed by atoms with van der Waals surface area (Å²) >= 11 is 1.60. The van der Waals surface area contributed by atoms with Gasteiger partial charge in [-0.1, -0.05) is 18.2 Å². The SMILES string of the molecule is Cn1c(C(=O)NCC(=O)N2CCN(c3ccccc3)CC2)cc2sccc21. The van der Waals surface area contributed by atoms with Gasteiger partial charge in [0.05, 0.1) is 16.8 Å². The van der Waals surface area contributed by atoms with Crippen LogP contribution >= 0.6 is 11.3 Å². The number of anilines is 1. The molecule has 4 rings (SSSR count). The van der Waals surface area contributed by atoms with Crippen molar-refractivity contribution in [3.63, 3.8) is 0 Å². The highest BCUT2D eigenvalue weighted by molar-refractivity contribution is 7.17. The molecule has 140 valence electrons. The number of thiophene rings is 1. The molecular weight excluding hydrogens is 360 g/mol. The summed E-state index contributed by atoms with van der Waals surface area (Å²) in [6.07, 6.45) is 0. The van der Waals surface area contributed by atoms with Gasteiger partial charge in [0.15, 0.2) is 0 Å². The van der Waals surface area contributed by atoms with E-state index in [4.69, 9.17) is 0 Å². The van der Waals surface area contributed by atoms with E-state index in [1.807, 2.05) is 52.2 Å². The number of carbonyl (C=O) groups excluding carboxylic acids is 2. The maximum absolute atomic E-state index is 12.5. The maximum atomic E-state index is 12.5. The minimum atomic E-state index is -0.211. The van der Waals surface area contributed by atoms with Crippen LogP contribution in [0.1, 0.15) is 10.5 Å². The Morgan fingerprint density at radius 2 is 1.81 bits per heavy atom. The number of rotatable bonds is 4. The second-order valence-corrected chi connectivity index (χ2v) is 7.59. The lowest BCUT2D eigenvalue weighted by Crippen LogP contribution is -2.51. The Labute approximate surface area is 162 Å². The molecule has 1 saturated heterocycles. The Morgan fingerprint density at radius 3 is 2.52 bits per heavy atom. The molecule has 0 spiro atoms. The summed E-state index contributed by atoms with van der Waals surface area (Å²) in [5, 5.41) is 4.78. The van der Waals surface area contributed by atoms with E-state index in [1.54, 1.807) is 11.3 Å². The lowest BCUT2D eigenvalue weighted by molar-refractivity contribution is -0.130. The minimum Gasteiger partial charge on any atom is -0.368 e. The first-order valence-corrected chi connectivity index (χ1v) is 9.90. The summed E-state index contributed by atoms with van der Waals surface area (Å²) < 4.78 is 2.94. The van der Waals surface area contributed by atoms with Crippen LogP contribution in [-0.4, -0.2) is 54.0 Å². The van der Waals surface area contributed by atoms with E-state index < -0.39 is 0 Å². The topological polar surface area (TPSA) is 57.6 Å². The molecule has 3 heterocycles. The third kappa shape index (κ3) is 3.55. The Balaban J connectivity index is 1.30. The lowest BCUT2D eigenvalue weighted by atomic mass is 10.2. The lowest BCUT2D eigenvalue weighted by Gasteiger charge is -2.36. The Morgan fingerprint density at radius 1 is 1.07 bits per heavy atom. The van der Waals surface area contributed by atoms with Gasteiger partial charge in [-0.05, 0) is 29.6 Å². The highest BCUT2D eigenvalue weighted by atomic mass is 32.1. The van der Waals surface area contributed by atoms with Crippen LogP contribution in [-0.2, 0) is 11.8 Å². The molecule has 1 aromatic carbocycles. The van der Waals surface area contributed by atoms with Crippen molar-refractivity contribution in [2.45, 2.75) is 0 Å². The predicted molar refractivity (Wildman–Crippen MR) is 108 cm³/mol. The van der Waals surface area contributed by atoms with E-state index in [1.165, 1.54) is 5.69 Å². The first-order valence-electron chi connectivity index (χ1n) is 9.02. The normalized spacial score (nSPS) is 14.6. The quantitative estimate of drug-likeness (QED) is 0.753. The van der Waals surface area contributed by atoms with Crippen molar-refractivity contribution < 1.29 is 9.59 Å². The summed E-state index contributed by atoms with van der Waals surface area (Å²) in [7, 11) is 1.87. The number of aromatic nitrogens is 1. The third-order valence-corrected chi connectivity index (χ3v) is 5.90. The van der Waals surface area contributed by atoms with Crippen LogP contribution in [0.5, 0.6) is 0 Å². The molecule has 27 heavy (non-hydrogen) atoms. The van der Waals surface area contributed by atoms with Crippen molar-refractivity contribution in [2.75, 3.05) is 37.6 Å². The number of fused-ring (bicyclic) bond motifs is 1. The molecule has 0 saturated carbocycles. The van der Waals surface area contributed by atoms with Crippen molar-refractivity contribution in [3.05, 3.63) is 53.5 Å². The Kier molecular flexibility index (Phi) is 4.85. The average Bonchev–Trinajstić information content (AvgIpc) is 3.30. The van der Waals surface area contributed by atoms with E-state index in [9.17, 15) is 9.59 Å². The molecule has 3 aromatic rings. The zero-order chi connectivity index (χ0) is 18.8. The van der Waals surface area contributed by atoms with Crippen LogP contribution in [0.3, 0.4) is 0 Å². The fourth-order valence-corrected chi connectivity index (χ4v) is 4.33. The van der Waals surface area contributed by atoms with E-state index in [0.29, 0.717) is 18.8 Å². The van der Waals surface area contributed by atoms with Gasteiger partial charge in [-0.25, -0.2) is 0 Å². The van der Waals surface area contributed by atoms with Crippen molar-refractivity contribution in [1.29, 1.82) is 0 Å². The van der Waals surface area contributed by atoms with Gasteiger partial charge in [0.2, 0.25) is 5.91 Å². The average molecular weight is 382 g/mol. The highest BCUT2D eigenvalue weighted by Gasteiger charge is 2.22. The Bertz CT molecular complexity index is 955. The molecule has 7 heteroatoms. The molecule has 0 unspecified atom stereocenters. The van der Waals surface area contributed by atoms with Crippen LogP contribution < -0.4 is 10.2 Å². The number of para-hydroxylation sites is 1. The summed E-state index contributed by atoms with van der Waals surface area (Å²) in [4.78, 5) is 29.0. The molecular formula is C20H22N4O2S. The summed E-state index contributed by atoms with van der Waals surface area (Å²) in [5.41, 5.74) is 2.80. The molecule has 0 aliphatic carbocycles. The van der Waals surface area contributed by atoms with Gasteiger partial charge < -0.3 is 19.7 Å². The number of piperazine rings is 1. The van der Waals surface area contributed by atoms with E-state index in [-0.39, 0.29) is 18.4 Å². The van der Waals surface area contributed by atoms with Crippen molar-refractivity contribution in [2.24, 2.45) is 7.05 Å². The molecule has 6 nitrogen and oxygen atoms in total. The standard InChI is InChI=1S/C20H22N4O2S/c1-22-16-7-12-27-18(16)13-17(22)20(26)21-14-19(25)24-10-8-23(9-11-24)15-5-3-2-4-6-15/h2-7,12-13H,8-11,14H2,1H3,(H,21,26). The molecule has 0 atom stereocenters. The molecule has 1 aliphatic heterocycles. The number of nitrogens with one attached hydrogen (secondary N) is 1. The number of aryl methyl sites for hydroxylation is 1. The van der Waals surface area contributed by atoms with E-state index in [2.05, 4.69) is 22.3 Å². The minimum absolute atomic E-state index is 0.0308. The zero-order valence-corrected chi connectivity index (χ0v) is 16.0. The molecule has 0 radical (unpaired) electrons. The predicted octanol–water partition coefficient (Wildman–Crippen LogP) is 2.32. The molecule has 2 amide bonds. The van der Waals surface area contributed by atoms with Crippen LogP contribution in [0, 0.1) is 0 Å². The summed E-state index contributed by atoms with van der Waals surface area (Å²) in [6, 6.07) is 14.1. The maximum Gasteiger partial charge on any atom is 0.268 e. The van der Waals surface area contributed by atoms with Gasteiger partial charge in [-0.15, -0.1) is 11.3 Å². The monoisotopic (exact) mass is 382 g/mol. The van der Waals surface area contributed by atoms with Crippen molar-refractivity contribution in [1.82, 2.24) is 14.8 Å². The largest absolute Gasteiger partial charge is 0.368 e. The molecule has 1 aliphatic rings. The first-order chi connectivity index (χ1) is 13.1. The van der Waals surface area contributed by atoms with Crippen LogP contribution in [0.25, 0.3) is 10.2 Å². The highest BCUT2D eigenvalue weighted by Crippen LogP contribution is 2.24. The number of benzene rings is 1. The van der Waals surface area contributed by atoms with Crippen molar-refractivity contribution >= 4 is 39.1 Å². The second-order valence-electron chi connectivity index (χ2n) is 6.64. The fraction of sp³-hybridized carbons (Fsp3) is 0.300. The van der Waals surface area contributed by atoms with Gasteiger partial charge in [0, 0.05) is 38.9 Å². The second kappa shape index (κ2) is 7.44. The molecule has 2 aromatic heterocycles. The van der Waals surface area contributed by atoms with Gasteiger partial charge in [-0.2, -0.15) is 0 Å². The van der Waals surface area contributed by atoms with Gasteiger partial charge in [0.1, 0.15) is 5.69 Å². The summed E-state index contributed by atoms with van der Waals surface area (Å²) in [6.45, 7) is 2.98. The smallest absolute Gasteiger partial charge is 0.268 e.